The first-order chi connectivity index (χ1) is 9.02. The zero-order valence-corrected chi connectivity index (χ0v) is 12.0. The summed E-state index contributed by atoms with van der Waals surface area (Å²) < 4.78 is 6.92. The van der Waals surface area contributed by atoms with Gasteiger partial charge in [-0.3, -0.25) is 0 Å². The standard InChI is InChI=1S/C14H23N3O2/c1-4-19-14(18)12-13(15)17(10(3)16-12)8-11-6-5-9(2)7-11/h9,11H,4-8,15H2,1-3H3. The van der Waals surface area contributed by atoms with Gasteiger partial charge >= 0.3 is 5.97 Å². The average Bonchev–Trinajstić information content (AvgIpc) is 2.88. The predicted octanol–water partition coefficient (Wildman–Crippen LogP) is 2.39. The molecule has 1 aromatic heterocycles. The number of carbonyl (C=O) groups is 1. The number of hydrogen-bond donors (Lipinski definition) is 1. The molecule has 2 rings (SSSR count). The molecule has 1 aliphatic carbocycles. The van der Waals surface area contributed by atoms with E-state index in [4.69, 9.17) is 10.5 Å². The molecule has 1 aromatic rings. The number of nitrogen functional groups attached to an aromatic ring is 1. The van der Waals surface area contributed by atoms with Gasteiger partial charge in [0.25, 0.3) is 0 Å². The van der Waals surface area contributed by atoms with Crippen LogP contribution in [0.2, 0.25) is 0 Å². The number of esters is 1. The third-order valence-electron chi connectivity index (χ3n) is 3.91. The van der Waals surface area contributed by atoms with Crippen LogP contribution in [-0.4, -0.2) is 22.1 Å². The molecule has 2 atom stereocenters. The van der Waals surface area contributed by atoms with Crippen molar-refractivity contribution < 1.29 is 9.53 Å². The van der Waals surface area contributed by atoms with Crippen LogP contribution in [-0.2, 0) is 11.3 Å². The van der Waals surface area contributed by atoms with E-state index in [1.807, 2.05) is 11.5 Å². The van der Waals surface area contributed by atoms with Gasteiger partial charge < -0.3 is 15.0 Å². The lowest BCUT2D eigenvalue weighted by Gasteiger charge is -2.13. The van der Waals surface area contributed by atoms with Gasteiger partial charge in [-0.2, -0.15) is 0 Å². The monoisotopic (exact) mass is 265 g/mol. The number of carbonyl (C=O) groups excluding carboxylic acids is 1. The quantitative estimate of drug-likeness (QED) is 0.849. The molecule has 1 fully saturated rings. The van der Waals surface area contributed by atoms with Crippen LogP contribution in [0.4, 0.5) is 5.82 Å². The van der Waals surface area contributed by atoms with Crippen LogP contribution in [0.25, 0.3) is 0 Å². The van der Waals surface area contributed by atoms with Crippen molar-refractivity contribution in [3.05, 3.63) is 11.5 Å². The number of imidazole rings is 1. The third kappa shape index (κ3) is 2.91. The Labute approximate surface area is 114 Å². The van der Waals surface area contributed by atoms with Crippen LogP contribution in [0.1, 0.15) is 49.4 Å². The lowest BCUT2D eigenvalue weighted by atomic mass is 10.1. The van der Waals surface area contributed by atoms with E-state index >= 15 is 0 Å². The van der Waals surface area contributed by atoms with E-state index in [0.29, 0.717) is 18.3 Å². The summed E-state index contributed by atoms with van der Waals surface area (Å²) in [6, 6.07) is 0. The van der Waals surface area contributed by atoms with Crippen LogP contribution < -0.4 is 5.73 Å². The summed E-state index contributed by atoms with van der Waals surface area (Å²) in [4.78, 5) is 16.0. The molecule has 2 unspecified atom stereocenters. The summed E-state index contributed by atoms with van der Waals surface area (Å²) in [6.07, 6.45) is 3.74. The van der Waals surface area contributed by atoms with E-state index in [1.165, 1.54) is 19.3 Å². The summed E-state index contributed by atoms with van der Waals surface area (Å²) >= 11 is 0. The van der Waals surface area contributed by atoms with Gasteiger partial charge in [-0.1, -0.05) is 13.3 Å². The fourth-order valence-electron chi connectivity index (χ4n) is 2.91. The van der Waals surface area contributed by atoms with Crippen molar-refractivity contribution in [2.45, 2.75) is 46.6 Å². The second kappa shape index (κ2) is 5.63. The Morgan fingerprint density at radius 3 is 2.84 bits per heavy atom. The largest absolute Gasteiger partial charge is 0.461 e. The molecule has 0 bridgehead atoms. The summed E-state index contributed by atoms with van der Waals surface area (Å²) in [5, 5.41) is 0. The maximum atomic E-state index is 11.7. The van der Waals surface area contributed by atoms with E-state index in [9.17, 15) is 4.79 Å². The molecule has 19 heavy (non-hydrogen) atoms. The maximum Gasteiger partial charge on any atom is 0.360 e. The summed E-state index contributed by atoms with van der Waals surface area (Å²) in [6.45, 7) is 7.14. The normalized spacial score (nSPS) is 22.7. The van der Waals surface area contributed by atoms with Crippen molar-refractivity contribution in [2.24, 2.45) is 11.8 Å². The van der Waals surface area contributed by atoms with Gasteiger partial charge in [0, 0.05) is 6.54 Å². The highest BCUT2D eigenvalue weighted by molar-refractivity contribution is 5.92. The van der Waals surface area contributed by atoms with E-state index in [1.54, 1.807) is 6.92 Å². The zero-order valence-electron chi connectivity index (χ0n) is 12.0. The second-order valence-corrected chi connectivity index (χ2v) is 5.51. The molecule has 0 spiro atoms. The highest BCUT2D eigenvalue weighted by Crippen LogP contribution is 2.32. The average molecular weight is 265 g/mol. The molecule has 0 radical (unpaired) electrons. The zero-order chi connectivity index (χ0) is 14.0. The third-order valence-corrected chi connectivity index (χ3v) is 3.91. The Balaban J connectivity index is 2.15. The van der Waals surface area contributed by atoms with Gasteiger partial charge in [0.05, 0.1) is 6.61 Å². The Morgan fingerprint density at radius 1 is 1.53 bits per heavy atom. The summed E-state index contributed by atoms with van der Waals surface area (Å²) in [5.41, 5.74) is 6.30. The van der Waals surface area contributed by atoms with Crippen LogP contribution >= 0.6 is 0 Å². The number of ether oxygens (including phenoxy) is 1. The van der Waals surface area contributed by atoms with Crippen LogP contribution in [0.3, 0.4) is 0 Å². The molecule has 0 saturated heterocycles. The molecular weight excluding hydrogens is 242 g/mol. The molecule has 0 amide bonds. The van der Waals surface area contributed by atoms with Crippen LogP contribution in [0.5, 0.6) is 0 Å². The van der Waals surface area contributed by atoms with Gasteiger partial charge in [0.2, 0.25) is 0 Å². The van der Waals surface area contributed by atoms with Gasteiger partial charge in [-0.15, -0.1) is 0 Å². The van der Waals surface area contributed by atoms with Crippen LogP contribution in [0, 0.1) is 18.8 Å². The topological polar surface area (TPSA) is 70.1 Å². The number of rotatable bonds is 4. The SMILES string of the molecule is CCOC(=O)c1nc(C)n(CC2CCC(C)C2)c1N. The van der Waals surface area contributed by atoms with Crippen molar-refractivity contribution in [1.82, 2.24) is 9.55 Å². The molecule has 1 saturated carbocycles. The van der Waals surface area contributed by atoms with E-state index in [0.717, 1.165) is 18.3 Å². The first kappa shape index (κ1) is 13.9. The smallest absolute Gasteiger partial charge is 0.360 e. The van der Waals surface area contributed by atoms with Crippen molar-refractivity contribution in [1.29, 1.82) is 0 Å². The van der Waals surface area contributed by atoms with E-state index < -0.39 is 5.97 Å². The molecule has 0 aromatic carbocycles. The van der Waals surface area contributed by atoms with Gasteiger partial charge in [0.1, 0.15) is 11.6 Å². The fourth-order valence-corrected chi connectivity index (χ4v) is 2.91. The van der Waals surface area contributed by atoms with Crippen molar-refractivity contribution in [3.8, 4) is 0 Å². The fraction of sp³-hybridized carbons (Fsp3) is 0.714. The molecule has 2 N–H and O–H groups in total. The lowest BCUT2D eigenvalue weighted by Crippen LogP contribution is -2.13. The van der Waals surface area contributed by atoms with Crippen molar-refractivity contribution in [3.63, 3.8) is 0 Å². The summed E-state index contributed by atoms with van der Waals surface area (Å²) in [7, 11) is 0. The highest BCUT2D eigenvalue weighted by Gasteiger charge is 2.25. The molecule has 5 heteroatoms. The number of anilines is 1. The molecule has 5 nitrogen and oxygen atoms in total. The van der Waals surface area contributed by atoms with Gasteiger partial charge in [0.15, 0.2) is 5.69 Å². The lowest BCUT2D eigenvalue weighted by molar-refractivity contribution is 0.0521. The van der Waals surface area contributed by atoms with Gasteiger partial charge in [-0.05, 0) is 38.5 Å². The highest BCUT2D eigenvalue weighted by atomic mass is 16.5. The van der Waals surface area contributed by atoms with Gasteiger partial charge in [-0.25, -0.2) is 9.78 Å². The Hall–Kier alpha value is -1.52. The number of aromatic nitrogens is 2. The number of nitrogens with two attached hydrogens (primary N) is 1. The minimum Gasteiger partial charge on any atom is -0.461 e. The molecule has 0 aliphatic heterocycles. The van der Waals surface area contributed by atoms with Crippen molar-refractivity contribution >= 4 is 11.8 Å². The molecule has 106 valence electrons. The molecular formula is C14H23N3O2. The first-order valence-electron chi connectivity index (χ1n) is 7.02. The maximum absolute atomic E-state index is 11.7. The van der Waals surface area contributed by atoms with Crippen LogP contribution in [0.15, 0.2) is 0 Å². The Bertz CT molecular complexity index is 468. The minimum atomic E-state index is -0.429. The summed E-state index contributed by atoms with van der Waals surface area (Å²) in [5.74, 6) is 2.23. The second-order valence-electron chi connectivity index (χ2n) is 5.51. The Kier molecular flexibility index (Phi) is 4.12. The molecule has 1 aliphatic rings. The number of aryl methyl sites for hydroxylation is 1. The first-order valence-corrected chi connectivity index (χ1v) is 7.02. The molecule has 1 heterocycles. The number of nitrogens with zero attached hydrogens (tertiary/aromatic N) is 2. The number of hydrogen-bond acceptors (Lipinski definition) is 4. The minimum absolute atomic E-state index is 0.255. The Morgan fingerprint density at radius 2 is 2.26 bits per heavy atom. The predicted molar refractivity (Wildman–Crippen MR) is 73.8 cm³/mol. The van der Waals surface area contributed by atoms with E-state index in [-0.39, 0.29) is 5.69 Å². The van der Waals surface area contributed by atoms with Crippen molar-refractivity contribution in [2.75, 3.05) is 12.3 Å². The van der Waals surface area contributed by atoms with E-state index in [2.05, 4.69) is 11.9 Å².